The zero-order valence-electron chi connectivity index (χ0n) is 7.28. The second-order valence-corrected chi connectivity index (χ2v) is 3.74. The zero-order chi connectivity index (χ0) is 8.32. The molecule has 0 unspecified atom stereocenters. The minimum atomic E-state index is -0.870. The number of nitrogens with two attached hydrogens (primary N) is 1. The lowest BCUT2D eigenvalue weighted by atomic mass is 9.81. The van der Waals surface area contributed by atoms with Crippen LogP contribution in [-0.2, 0) is 0 Å². The molecule has 1 aliphatic carbocycles. The van der Waals surface area contributed by atoms with Crippen molar-refractivity contribution in [3.8, 4) is 0 Å². The Morgan fingerprint density at radius 1 is 1.45 bits per heavy atom. The van der Waals surface area contributed by atoms with E-state index in [1.165, 1.54) is 0 Å². The maximum atomic E-state index is 13.7. The average Bonchev–Trinajstić information content (AvgIpc) is 1.97. The molecule has 66 valence electrons. The molecule has 1 nitrogen and oxygen atoms in total. The van der Waals surface area contributed by atoms with Crippen LogP contribution in [0.5, 0.6) is 0 Å². The first kappa shape index (κ1) is 8.98. The van der Waals surface area contributed by atoms with Crippen molar-refractivity contribution in [3.05, 3.63) is 0 Å². The first-order chi connectivity index (χ1) is 5.16. The molecular weight excluding hydrogens is 141 g/mol. The van der Waals surface area contributed by atoms with Crippen molar-refractivity contribution < 1.29 is 4.39 Å². The third-order valence-corrected chi connectivity index (χ3v) is 2.62. The van der Waals surface area contributed by atoms with Crippen molar-refractivity contribution in [1.29, 1.82) is 0 Å². The minimum absolute atomic E-state index is 0.260. The van der Waals surface area contributed by atoms with E-state index in [0.717, 1.165) is 25.7 Å². The van der Waals surface area contributed by atoms with E-state index in [-0.39, 0.29) is 6.04 Å². The summed E-state index contributed by atoms with van der Waals surface area (Å²) in [6.07, 6.45) is 4.78. The van der Waals surface area contributed by atoms with Gasteiger partial charge in [0, 0.05) is 6.04 Å². The predicted octanol–water partition coefficient (Wildman–Crippen LogP) is 2.40. The first-order valence-corrected chi connectivity index (χ1v) is 4.61. The lowest BCUT2D eigenvalue weighted by molar-refractivity contribution is 0.0882. The molecule has 0 aromatic heterocycles. The van der Waals surface area contributed by atoms with Gasteiger partial charge in [-0.2, -0.15) is 0 Å². The fraction of sp³-hybridized carbons (Fsp3) is 1.00. The number of alkyl halides is 1. The van der Waals surface area contributed by atoms with Crippen LogP contribution in [0.4, 0.5) is 4.39 Å². The lowest BCUT2D eigenvalue weighted by Gasteiger charge is -2.32. The van der Waals surface area contributed by atoms with E-state index >= 15 is 0 Å². The number of halogens is 1. The smallest absolute Gasteiger partial charge is 0.111 e. The third kappa shape index (κ3) is 2.44. The van der Waals surface area contributed by atoms with Gasteiger partial charge in [-0.15, -0.1) is 0 Å². The van der Waals surface area contributed by atoms with Crippen molar-refractivity contribution >= 4 is 0 Å². The quantitative estimate of drug-likeness (QED) is 0.657. The number of rotatable bonds is 2. The fourth-order valence-corrected chi connectivity index (χ4v) is 1.86. The van der Waals surface area contributed by atoms with E-state index < -0.39 is 5.67 Å². The van der Waals surface area contributed by atoms with Crippen molar-refractivity contribution in [2.24, 2.45) is 5.73 Å². The Bertz CT molecular complexity index is 117. The maximum absolute atomic E-state index is 13.7. The van der Waals surface area contributed by atoms with Gasteiger partial charge in [0.05, 0.1) is 0 Å². The normalized spacial score (nSPS) is 39.0. The van der Waals surface area contributed by atoms with E-state index in [2.05, 4.69) is 0 Å². The lowest BCUT2D eigenvalue weighted by Crippen LogP contribution is -2.35. The van der Waals surface area contributed by atoms with Gasteiger partial charge < -0.3 is 5.73 Å². The molecule has 0 radical (unpaired) electrons. The molecule has 1 rings (SSSR count). The summed E-state index contributed by atoms with van der Waals surface area (Å²) >= 11 is 0. The van der Waals surface area contributed by atoms with Crippen LogP contribution in [0.1, 0.15) is 45.4 Å². The molecule has 11 heavy (non-hydrogen) atoms. The van der Waals surface area contributed by atoms with Crippen molar-refractivity contribution in [3.63, 3.8) is 0 Å². The van der Waals surface area contributed by atoms with Crippen LogP contribution in [0.2, 0.25) is 0 Å². The monoisotopic (exact) mass is 159 g/mol. The Balaban J connectivity index is 2.35. The maximum Gasteiger partial charge on any atom is 0.111 e. The van der Waals surface area contributed by atoms with Gasteiger partial charge in [0.25, 0.3) is 0 Å². The van der Waals surface area contributed by atoms with E-state index in [9.17, 15) is 4.39 Å². The molecule has 0 aromatic carbocycles. The first-order valence-electron chi connectivity index (χ1n) is 4.61. The van der Waals surface area contributed by atoms with Crippen LogP contribution in [0.3, 0.4) is 0 Å². The van der Waals surface area contributed by atoms with Gasteiger partial charge in [0.1, 0.15) is 5.67 Å². The van der Waals surface area contributed by atoms with Gasteiger partial charge in [0.2, 0.25) is 0 Å². The highest BCUT2D eigenvalue weighted by atomic mass is 19.1. The summed E-state index contributed by atoms with van der Waals surface area (Å²) in [5.41, 5.74) is 4.81. The molecule has 2 heteroatoms. The standard InChI is InChI=1S/C9H18FN/c1-2-5-9(10)6-3-8(11)4-7-9/h8H,2-7,11H2,1H3. The van der Waals surface area contributed by atoms with Gasteiger partial charge in [-0.05, 0) is 32.1 Å². The molecular formula is C9H18FN. The molecule has 0 aromatic rings. The van der Waals surface area contributed by atoms with Gasteiger partial charge in [-0.3, -0.25) is 0 Å². The summed E-state index contributed by atoms with van der Waals surface area (Å²) in [5, 5.41) is 0. The van der Waals surface area contributed by atoms with Gasteiger partial charge >= 0.3 is 0 Å². The fourth-order valence-electron chi connectivity index (χ4n) is 1.86. The number of hydrogen-bond donors (Lipinski definition) is 1. The average molecular weight is 159 g/mol. The molecule has 2 N–H and O–H groups in total. The van der Waals surface area contributed by atoms with Crippen molar-refractivity contribution in [2.45, 2.75) is 57.2 Å². The highest BCUT2D eigenvalue weighted by molar-refractivity contribution is 4.86. The molecule has 1 aliphatic rings. The Kier molecular flexibility index (Phi) is 2.88. The van der Waals surface area contributed by atoms with Crippen LogP contribution < -0.4 is 5.73 Å². The van der Waals surface area contributed by atoms with E-state index in [1.807, 2.05) is 6.92 Å². The SMILES string of the molecule is CCCC1(F)CCC(N)CC1. The summed E-state index contributed by atoms with van der Waals surface area (Å²) in [6.45, 7) is 2.04. The summed E-state index contributed by atoms with van der Waals surface area (Å²) in [4.78, 5) is 0. The van der Waals surface area contributed by atoms with Crippen LogP contribution in [-0.4, -0.2) is 11.7 Å². The summed E-state index contributed by atoms with van der Waals surface area (Å²) in [5.74, 6) is 0. The van der Waals surface area contributed by atoms with Gasteiger partial charge in [0.15, 0.2) is 0 Å². The second-order valence-electron chi connectivity index (χ2n) is 3.74. The summed E-state index contributed by atoms with van der Waals surface area (Å²) < 4.78 is 13.7. The van der Waals surface area contributed by atoms with Crippen molar-refractivity contribution in [1.82, 2.24) is 0 Å². The third-order valence-electron chi connectivity index (χ3n) is 2.62. The molecule has 0 spiro atoms. The molecule has 0 aliphatic heterocycles. The Labute approximate surface area is 68.2 Å². The van der Waals surface area contributed by atoms with Crippen LogP contribution in [0.25, 0.3) is 0 Å². The van der Waals surface area contributed by atoms with E-state index in [0.29, 0.717) is 12.8 Å². The molecule has 1 saturated carbocycles. The molecule has 0 bridgehead atoms. The molecule has 0 heterocycles. The minimum Gasteiger partial charge on any atom is -0.328 e. The van der Waals surface area contributed by atoms with Crippen molar-refractivity contribution in [2.75, 3.05) is 0 Å². The molecule has 0 saturated heterocycles. The second kappa shape index (κ2) is 3.53. The molecule has 0 amide bonds. The summed E-state index contributed by atoms with van der Waals surface area (Å²) in [6, 6.07) is 0.260. The van der Waals surface area contributed by atoms with Crippen LogP contribution in [0.15, 0.2) is 0 Å². The predicted molar refractivity (Wildman–Crippen MR) is 45.2 cm³/mol. The largest absolute Gasteiger partial charge is 0.328 e. The van der Waals surface area contributed by atoms with Gasteiger partial charge in [-0.25, -0.2) is 4.39 Å². The topological polar surface area (TPSA) is 26.0 Å². The van der Waals surface area contributed by atoms with E-state index in [4.69, 9.17) is 5.73 Å². The van der Waals surface area contributed by atoms with E-state index in [1.54, 1.807) is 0 Å². The Hall–Kier alpha value is -0.110. The van der Waals surface area contributed by atoms with Gasteiger partial charge in [-0.1, -0.05) is 13.3 Å². The van der Waals surface area contributed by atoms with Crippen LogP contribution in [0, 0.1) is 0 Å². The molecule has 1 fully saturated rings. The highest BCUT2D eigenvalue weighted by Crippen LogP contribution is 2.34. The van der Waals surface area contributed by atoms with Crippen LogP contribution >= 0.6 is 0 Å². The summed E-state index contributed by atoms with van der Waals surface area (Å²) in [7, 11) is 0. The highest BCUT2D eigenvalue weighted by Gasteiger charge is 2.32. The number of hydrogen-bond acceptors (Lipinski definition) is 1. The Morgan fingerprint density at radius 3 is 2.45 bits per heavy atom. The Morgan fingerprint density at radius 2 is 2.00 bits per heavy atom. The molecule has 0 atom stereocenters. The zero-order valence-corrected chi connectivity index (χ0v) is 7.28.